The van der Waals surface area contributed by atoms with Crippen molar-refractivity contribution >= 4 is 11.8 Å². The molecule has 1 heterocycles. The molecule has 2 amide bonds. The van der Waals surface area contributed by atoms with Crippen LogP contribution in [0.15, 0.2) is 0 Å². The molecule has 2 unspecified atom stereocenters. The van der Waals surface area contributed by atoms with E-state index >= 15 is 0 Å². The number of carbonyl (C=O) groups is 2. The minimum atomic E-state index is -4.75. The number of rotatable bonds is 5. The first-order valence-corrected chi connectivity index (χ1v) is 6.86. The van der Waals surface area contributed by atoms with Gasteiger partial charge < -0.3 is 10.2 Å². The Hall–Kier alpha value is -1.31. The molecule has 1 aliphatic heterocycles. The molecule has 21 heavy (non-hydrogen) atoms. The Morgan fingerprint density at radius 3 is 2.38 bits per heavy atom. The summed E-state index contributed by atoms with van der Waals surface area (Å²) >= 11 is 0. The van der Waals surface area contributed by atoms with E-state index in [2.05, 4.69) is 10.1 Å². The lowest BCUT2D eigenvalue weighted by molar-refractivity contribution is -0.325. The van der Waals surface area contributed by atoms with Crippen LogP contribution in [0.25, 0.3) is 0 Å². The molecule has 0 bridgehead atoms. The van der Waals surface area contributed by atoms with Crippen LogP contribution in [0.1, 0.15) is 34.1 Å². The average Bonchev–Trinajstić information content (AvgIpc) is 2.36. The smallest absolute Gasteiger partial charge is 0.342 e. The van der Waals surface area contributed by atoms with Crippen molar-refractivity contribution in [1.82, 2.24) is 10.2 Å². The first kappa shape index (κ1) is 17.7. The van der Waals surface area contributed by atoms with E-state index in [1.165, 1.54) is 4.90 Å². The summed E-state index contributed by atoms with van der Waals surface area (Å²) < 4.78 is 39.9. The third-order valence-corrected chi connectivity index (χ3v) is 3.84. The van der Waals surface area contributed by atoms with Crippen LogP contribution in [0, 0.1) is 5.92 Å². The predicted molar refractivity (Wildman–Crippen MR) is 69.2 cm³/mol. The average molecular weight is 310 g/mol. The topological polar surface area (TPSA) is 58.6 Å². The fourth-order valence-electron chi connectivity index (χ4n) is 2.30. The zero-order chi connectivity index (χ0) is 16.4. The Bertz CT molecular complexity index is 412. The monoisotopic (exact) mass is 310 g/mol. The summed E-state index contributed by atoms with van der Waals surface area (Å²) in [5.41, 5.74) is -1.16. The first-order chi connectivity index (χ1) is 9.53. The van der Waals surface area contributed by atoms with Gasteiger partial charge in [0.05, 0.1) is 6.61 Å². The summed E-state index contributed by atoms with van der Waals surface area (Å²) in [5, 5.41) is 2.65. The van der Waals surface area contributed by atoms with E-state index in [9.17, 15) is 22.8 Å². The van der Waals surface area contributed by atoms with Crippen molar-refractivity contribution in [2.75, 3.05) is 13.2 Å². The number of nitrogens with one attached hydrogen (secondary N) is 1. The molecule has 0 radical (unpaired) electrons. The summed E-state index contributed by atoms with van der Waals surface area (Å²) in [4.78, 5) is 25.8. The van der Waals surface area contributed by atoms with Crippen LogP contribution in [0.3, 0.4) is 0 Å². The Labute approximate surface area is 121 Å². The number of hydrogen-bond acceptors (Lipinski definition) is 3. The molecular formula is C13H21F3N2O3. The Morgan fingerprint density at radius 2 is 1.95 bits per heavy atom. The first-order valence-electron chi connectivity index (χ1n) is 6.86. The molecule has 0 aliphatic carbocycles. The van der Waals surface area contributed by atoms with Gasteiger partial charge in [0.25, 0.3) is 0 Å². The number of ether oxygens (including phenoxy) is 1. The number of amides is 2. The molecule has 0 saturated carbocycles. The maximum Gasteiger partial charge on any atom is 0.522 e. The van der Waals surface area contributed by atoms with E-state index in [-0.39, 0.29) is 24.3 Å². The van der Waals surface area contributed by atoms with Gasteiger partial charge >= 0.3 is 6.36 Å². The highest BCUT2D eigenvalue weighted by atomic mass is 19.4. The molecule has 0 spiro atoms. The fraction of sp³-hybridized carbons (Fsp3) is 0.846. The predicted octanol–water partition coefficient (Wildman–Crippen LogP) is 1.67. The third kappa shape index (κ3) is 3.87. The molecule has 8 heteroatoms. The lowest BCUT2D eigenvalue weighted by Crippen LogP contribution is -2.70. The van der Waals surface area contributed by atoms with Gasteiger partial charge in [-0.1, -0.05) is 20.8 Å². The molecule has 0 aromatic carbocycles. The molecule has 0 aromatic heterocycles. The van der Waals surface area contributed by atoms with Crippen LogP contribution in [-0.4, -0.2) is 47.8 Å². The van der Waals surface area contributed by atoms with Crippen molar-refractivity contribution < 1.29 is 27.5 Å². The number of carbonyl (C=O) groups excluding carboxylic acids is 2. The van der Waals surface area contributed by atoms with Crippen molar-refractivity contribution in [2.45, 2.75) is 52.1 Å². The van der Waals surface area contributed by atoms with Crippen LogP contribution in [-0.2, 0) is 14.3 Å². The second kappa shape index (κ2) is 6.21. The number of halogens is 3. The third-order valence-electron chi connectivity index (χ3n) is 3.84. The van der Waals surface area contributed by atoms with Gasteiger partial charge in [-0.15, -0.1) is 13.2 Å². The second-order valence-electron chi connectivity index (χ2n) is 5.61. The van der Waals surface area contributed by atoms with E-state index in [1.807, 2.05) is 0 Å². The van der Waals surface area contributed by atoms with Gasteiger partial charge in [-0.2, -0.15) is 0 Å². The Kier molecular flexibility index (Phi) is 5.25. The van der Waals surface area contributed by atoms with Gasteiger partial charge in [-0.05, 0) is 19.3 Å². The molecule has 1 N–H and O–H groups in total. The highest BCUT2D eigenvalue weighted by Gasteiger charge is 2.48. The van der Waals surface area contributed by atoms with Crippen molar-refractivity contribution in [1.29, 1.82) is 0 Å². The quantitative estimate of drug-likeness (QED) is 0.840. The van der Waals surface area contributed by atoms with E-state index in [4.69, 9.17) is 0 Å². The molecule has 1 saturated heterocycles. The van der Waals surface area contributed by atoms with Gasteiger partial charge in [0.1, 0.15) is 11.6 Å². The van der Waals surface area contributed by atoms with E-state index in [0.29, 0.717) is 6.42 Å². The molecule has 2 atom stereocenters. The summed E-state index contributed by atoms with van der Waals surface area (Å²) in [6.07, 6.45) is -4.44. The summed E-state index contributed by atoms with van der Waals surface area (Å²) in [6.45, 7) is 5.82. The van der Waals surface area contributed by atoms with Crippen molar-refractivity contribution in [2.24, 2.45) is 5.92 Å². The zero-order valence-corrected chi connectivity index (χ0v) is 12.6. The van der Waals surface area contributed by atoms with Gasteiger partial charge in [-0.3, -0.25) is 14.3 Å². The van der Waals surface area contributed by atoms with Crippen LogP contribution < -0.4 is 5.32 Å². The molecule has 0 aromatic rings. The lowest BCUT2D eigenvalue weighted by atomic mass is 9.88. The van der Waals surface area contributed by atoms with Gasteiger partial charge in [0.2, 0.25) is 11.8 Å². The fourth-order valence-corrected chi connectivity index (χ4v) is 2.30. The molecule has 1 rings (SSSR count). The maximum atomic E-state index is 12.4. The van der Waals surface area contributed by atoms with E-state index in [0.717, 1.165) is 0 Å². The zero-order valence-electron chi connectivity index (χ0n) is 12.6. The molecule has 5 nitrogen and oxygen atoms in total. The van der Waals surface area contributed by atoms with E-state index < -0.39 is 24.6 Å². The Balaban J connectivity index is 2.91. The SMILES string of the molecule is CCC1(C)C(=O)NC(C(C)C)C(=O)N1CCOC(F)(F)F. The van der Waals surface area contributed by atoms with Crippen molar-refractivity contribution in [3.8, 4) is 0 Å². The van der Waals surface area contributed by atoms with Crippen LogP contribution >= 0.6 is 0 Å². The minimum Gasteiger partial charge on any atom is -0.342 e. The van der Waals surface area contributed by atoms with Crippen molar-refractivity contribution in [3.63, 3.8) is 0 Å². The molecule has 1 fully saturated rings. The lowest BCUT2D eigenvalue weighted by Gasteiger charge is -2.46. The molecule has 1 aliphatic rings. The van der Waals surface area contributed by atoms with Crippen LogP contribution in [0.5, 0.6) is 0 Å². The van der Waals surface area contributed by atoms with Gasteiger partial charge in [0.15, 0.2) is 0 Å². The number of piperazine rings is 1. The maximum absolute atomic E-state index is 12.4. The molecular weight excluding hydrogens is 289 g/mol. The molecule has 122 valence electrons. The highest BCUT2D eigenvalue weighted by Crippen LogP contribution is 2.27. The van der Waals surface area contributed by atoms with Crippen LogP contribution in [0.2, 0.25) is 0 Å². The summed E-state index contributed by atoms with van der Waals surface area (Å²) in [5.74, 6) is -0.871. The normalized spacial score (nSPS) is 27.2. The van der Waals surface area contributed by atoms with Gasteiger partial charge in [0, 0.05) is 6.54 Å². The Morgan fingerprint density at radius 1 is 1.38 bits per heavy atom. The van der Waals surface area contributed by atoms with E-state index in [1.54, 1.807) is 27.7 Å². The standard InChI is InChI=1S/C13H21F3N2O3/c1-5-12(4)11(20)17-9(8(2)3)10(19)18(12)6-7-21-13(14,15)16/h8-9H,5-7H2,1-4H3,(H,17,20). The minimum absolute atomic E-state index is 0.145. The van der Waals surface area contributed by atoms with Crippen LogP contribution in [0.4, 0.5) is 13.2 Å². The number of nitrogens with zero attached hydrogens (tertiary/aromatic N) is 1. The number of hydrogen-bond donors (Lipinski definition) is 1. The summed E-state index contributed by atoms with van der Waals surface area (Å²) in [7, 11) is 0. The summed E-state index contributed by atoms with van der Waals surface area (Å²) in [6, 6.07) is -0.719. The van der Waals surface area contributed by atoms with Gasteiger partial charge in [-0.25, -0.2) is 0 Å². The second-order valence-corrected chi connectivity index (χ2v) is 5.61. The number of alkyl halides is 3. The largest absolute Gasteiger partial charge is 0.522 e. The van der Waals surface area contributed by atoms with Crippen molar-refractivity contribution in [3.05, 3.63) is 0 Å². The highest BCUT2D eigenvalue weighted by molar-refractivity contribution is 5.99.